The van der Waals surface area contributed by atoms with Crippen molar-refractivity contribution in [3.05, 3.63) is 57.8 Å². The molecule has 6 nitrogen and oxygen atoms in total. The van der Waals surface area contributed by atoms with Crippen molar-refractivity contribution in [1.82, 2.24) is 20.4 Å². The second kappa shape index (κ2) is 13.5. The second-order valence-electron chi connectivity index (χ2n) is 8.21. The van der Waals surface area contributed by atoms with Crippen molar-refractivity contribution in [2.24, 2.45) is 4.99 Å². The fourth-order valence-corrected chi connectivity index (χ4v) is 5.31. The molecule has 2 aliphatic rings. The Morgan fingerprint density at radius 3 is 2.66 bits per heavy atom. The van der Waals surface area contributed by atoms with E-state index >= 15 is 0 Å². The molecule has 8 heteroatoms. The van der Waals surface area contributed by atoms with E-state index in [4.69, 9.17) is 4.74 Å². The van der Waals surface area contributed by atoms with Gasteiger partial charge in [0.05, 0.1) is 19.3 Å². The largest absolute Gasteiger partial charge is 0.379 e. The van der Waals surface area contributed by atoms with E-state index in [1.807, 2.05) is 18.4 Å². The molecule has 1 atom stereocenters. The highest BCUT2D eigenvalue weighted by Gasteiger charge is 2.23. The molecule has 0 aliphatic carbocycles. The summed E-state index contributed by atoms with van der Waals surface area (Å²) in [5.41, 5.74) is 3.00. The normalized spacial score (nSPS) is 18.5. The molecular formula is C24H36IN5OS. The molecule has 2 aliphatic heterocycles. The maximum absolute atomic E-state index is 5.55. The number of benzene rings is 1. The molecule has 176 valence electrons. The number of hydrogen-bond acceptors (Lipinski definition) is 5. The number of rotatable bonds is 8. The van der Waals surface area contributed by atoms with E-state index in [0.717, 1.165) is 71.4 Å². The third-order valence-corrected chi connectivity index (χ3v) is 7.17. The molecule has 4 rings (SSSR count). The van der Waals surface area contributed by atoms with Gasteiger partial charge in [0.1, 0.15) is 0 Å². The summed E-state index contributed by atoms with van der Waals surface area (Å²) in [5.74, 6) is 0.888. The first-order valence-corrected chi connectivity index (χ1v) is 12.3. The molecule has 0 bridgehead atoms. The van der Waals surface area contributed by atoms with Crippen LogP contribution in [0.4, 0.5) is 0 Å². The lowest BCUT2D eigenvalue weighted by molar-refractivity contribution is 0.0177. The summed E-state index contributed by atoms with van der Waals surface area (Å²) in [6.45, 7) is 8.72. The van der Waals surface area contributed by atoms with Crippen LogP contribution in [0.25, 0.3) is 0 Å². The van der Waals surface area contributed by atoms with Crippen molar-refractivity contribution in [2.45, 2.75) is 25.4 Å². The number of thiophene rings is 1. The molecule has 1 fully saturated rings. The van der Waals surface area contributed by atoms with Crippen LogP contribution in [0.15, 0.2) is 46.8 Å². The molecule has 1 aromatic carbocycles. The van der Waals surface area contributed by atoms with Crippen LogP contribution in [0.1, 0.15) is 28.5 Å². The number of aliphatic imine (C=N–C) groups is 1. The first kappa shape index (κ1) is 25.4. The molecule has 2 N–H and O–H groups in total. The van der Waals surface area contributed by atoms with Crippen molar-refractivity contribution < 1.29 is 4.74 Å². The minimum atomic E-state index is 0. The number of ether oxygens (including phenoxy) is 1. The van der Waals surface area contributed by atoms with Gasteiger partial charge in [0.2, 0.25) is 0 Å². The number of morpholine rings is 1. The van der Waals surface area contributed by atoms with E-state index in [1.54, 1.807) is 0 Å². The Labute approximate surface area is 213 Å². The van der Waals surface area contributed by atoms with E-state index in [2.05, 4.69) is 67.2 Å². The van der Waals surface area contributed by atoms with Gasteiger partial charge in [-0.15, -0.1) is 35.3 Å². The average molecular weight is 570 g/mol. The lowest BCUT2D eigenvalue weighted by Crippen LogP contribution is -2.46. The van der Waals surface area contributed by atoms with Gasteiger partial charge in [0, 0.05) is 57.7 Å². The van der Waals surface area contributed by atoms with Gasteiger partial charge in [0.15, 0.2) is 5.96 Å². The van der Waals surface area contributed by atoms with E-state index < -0.39 is 0 Å². The number of halogens is 1. The third kappa shape index (κ3) is 7.15. The topological polar surface area (TPSA) is 52.1 Å². The first-order chi connectivity index (χ1) is 15.3. The molecule has 0 spiro atoms. The monoisotopic (exact) mass is 569 g/mol. The van der Waals surface area contributed by atoms with Gasteiger partial charge in [-0.25, -0.2) is 0 Å². The molecule has 0 saturated carbocycles. The minimum Gasteiger partial charge on any atom is -0.379 e. The zero-order valence-electron chi connectivity index (χ0n) is 19.0. The Kier molecular flexibility index (Phi) is 10.7. The highest BCUT2D eigenvalue weighted by atomic mass is 127. The number of guanidine groups is 1. The van der Waals surface area contributed by atoms with Crippen molar-refractivity contribution in [3.8, 4) is 0 Å². The van der Waals surface area contributed by atoms with Gasteiger partial charge in [-0.1, -0.05) is 30.3 Å². The lowest BCUT2D eigenvalue weighted by atomic mass is 10.00. The zero-order valence-corrected chi connectivity index (χ0v) is 22.1. The van der Waals surface area contributed by atoms with Gasteiger partial charge in [0.25, 0.3) is 0 Å². The van der Waals surface area contributed by atoms with Crippen LogP contribution < -0.4 is 10.6 Å². The van der Waals surface area contributed by atoms with Gasteiger partial charge in [-0.2, -0.15) is 0 Å². The van der Waals surface area contributed by atoms with Crippen molar-refractivity contribution in [3.63, 3.8) is 0 Å². The highest BCUT2D eigenvalue weighted by molar-refractivity contribution is 14.0. The Hall–Kier alpha value is -1.20. The van der Waals surface area contributed by atoms with Crippen LogP contribution in [-0.4, -0.2) is 75.3 Å². The maximum Gasteiger partial charge on any atom is 0.191 e. The number of nitrogens with one attached hydrogen (secondary N) is 2. The van der Waals surface area contributed by atoms with Crippen LogP contribution in [0.2, 0.25) is 0 Å². The Morgan fingerprint density at radius 1 is 1.09 bits per heavy atom. The Balaban J connectivity index is 0.00000289. The SMILES string of the molecule is CN=C(NCCCN1CCc2ccccc2C1)NCC(c1cccs1)N1CCOCC1.I. The van der Waals surface area contributed by atoms with Gasteiger partial charge in [-0.05, 0) is 35.4 Å². The van der Waals surface area contributed by atoms with Gasteiger partial charge in [-0.3, -0.25) is 14.8 Å². The van der Waals surface area contributed by atoms with E-state index in [0.29, 0.717) is 6.04 Å². The molecule has 0 amide bonds. The van der Waals surface area contributed by atoms with Crippen molar-refractivity contribution >= 4 is 41.3 Å². The predicted molar refractivity (Wildman–Crippen MR) is 144 cm³/mol. The van der Waals surface area contributed by atoms with Crippen LogP contribution >= 0.6 is 35.3 Å². The van der Waals surface area contributed by atoms with Crippen LogP contribution in [0.3, 0.4) is 0 Å². The standard InChI is InChI=1S/C24H35N5OS.HI/c1-25-24(26-10-5-11-28-12-9-20-6-2-3-7-21(20)19-28)27-18-22(23-8-4-17-31-23)29-13-15-30-16-14-29;/h2-4,6-8,17,22H,5,9-16,18-19H2,1H3,(H2,25,26,27);1H. The van der Waals surface area contributed by atoms with Gasteiger partial charge < -0.3 is 15.4 Å². The van der Waals surface area contributed by atoms with Gasteiger partial charge >= 0.3 is 0 Å². The summed E-state index contributed by atoms with van der Waals surface area (Å²) in [7, 11) is 1.85. The van der Waals surface area contributed by atoms with Crippen molar-refractivity contribution in [2.75, 3.05) is 59.5 Å². The zero-order chi connectivity index (χ0) is 21.3. The lowest BCUT2D eigenvalue weighted by Gasteiger charge is -2.34. The third-order valence-electron chi connectivity index (χ3n) is 6.20. The molecule has 1 saturated heterocycles. The summed E-state index contributed by atoms with van der Waals surface area (Å²) in [6, 6.07) is 13.6. The number of nitrogens with zero attached hydrogens (tertiary/aromatic N) is 3. The van der Waals surface area contributed by atoms with Crippen molar-refractivity contribution in [1.29, 1.82) is 0 Å². The smallest absolute Gasteiger partial charge is 0.191 e. The number of hydrogen-bond donors (Lipinski definition) is 2. The summed E-state index contributed by atoms with van der Waals surface area (Å²) in [6.07, 6.45) is 2.28. The Morgan fingerprint density at radius 2 is 1.91 bits per heavy atom. The highest BCUT2D eigenvalue weighted by Crippen LogP contribution is 2.25. The van der Waals surface area contributed by atoms with E-state index in [-0.39, 0.29) is 24.0 Å². The van der Waals surface area contributed by atoms with Crippen LogP contribution in [-0.2, 0) is 17.7 Å². The van der Waals surface area contributed by atoms with Crippen LogP contribution in [0.5, 0.6) is 0 Å². The van der Waals surface area contributed by atoms with E-state index in [9.17, 15) is 0 Å². The molecular weight excluding hydrogens is 533 g/mol. The molecule has 2 aromatic rings. The van der Waals surface area contributed by atoms with Crippen LogP contribution in [0, 0.1) is 0 Å². The molecule has 0 radical (unpaired) electrons. The summed E-state index contributed by atoms with van der Waals surface area (Å²) in [4.78, 5) is 10.9. The minimum absolute atomic E-state index is 0. The second-order valence-corrected chi connectivity index (χ2v) is 9.19. The molecule has 32 heavy (non-hydrogen) atoms. The Bertz CT molecular complexity index is 826. The summed E-state index contributed by atoms with van der Waals surface area (Å²) >= 11 is 1.83. The fraction of sp³-hybridized carbons (Fsp3) is 0.542. The predicted octanol–water partition coefficient (Wildman–Crippen LogP) is 3.35. The molecule has 1 aromatic heterocycles. The first-order valence-electron chi connectivity index (χ1n) is 11.4. The quantitative estimate of drug-likeness (QED) is 0.221. The fourth-order valence-electron chi connectivity index (χ4n) is 4.45. The molecule has 1 unspecified atom stereocenters. The summed E-state index contributed by atoms with van der Waals surface area (Å²) in [5, 5.41) is 9.22. The molecule has 3 heterocycles. The number of fused-ring (bicyclic) bond motifs is 1. The maximum atomic E-state index is 5.55. The average Bonchev–Trinajstić information content (AvgIpc) is 3.36. The summed E-state index contributed by atoms with van der Waals surface area (Å²) < 4.78 is 5.55. The van der Waals surface area contributed by atoms with E-state index in [1.165, 1.54) is 22.4 Å².